The standard InChI is InChI=1S/C20H19N3O5/c1-12-7-8-13(10-18(12)23(26)27)19(24)22-17(20(25)28-2)9-14-11-21-16-6-4-3-5-15(14)16/h3-8,10-11,17,21H,9H2,1-2H3,(H,22,24). The van der Waals surface area contributed by atoms with Gasteiger partial charge in [-0.15, -0.1) is 0 Å². The Balaban J connectivity index is 1.85. The number of aromatic nitrogens is 1. The minimum Gasteiger partial charge on any atom is -0.467 e. The van der Waals surface area contributed by atoms with Crippen LogP contribution in [0.3, 0.4) is 0 Å². The van der Waals surface area contributed by atoms with Gasteiger partial charge in [0.05, 0.1) is 12.0 Å². The molecule has 0 aliphatic heterocycles. The highest BCUT2D eigenvalue weighted by Crippen LogP contribution is 2.21. The number of amides is 1. The predicted octanol–water partition coefficient (Wildman–Crippen LogP) is 2.90. The minimum absolute atomic E-state index is 0.102. The van der Waals surface area contributed by atoms with E-state index in [1.807, 2.05) is 24.3 Å². The first-order chi connectivity index (χ1) is 13.4. The number of hydrogen-bond donors (Lipinski definition) is 2. The van der Waals surface area contributed by atoms with E-state index in [1.54, 1.807) is 13.1 Å². The van der Waals surface area contributed by atoms with Crippen LogP contribution in [0.4, 0.5) is 5.69 Å². The van der Waals surface area contributed by atoms with E-state index in [-0.39, 0.29) is 17.7 Å². The molecule has 0 saturated carbocycles. The number of ether oxygens (including phenoxy) is 1. The van der Waals surface area contributed by atoms with Gasteiger partial charge in [0.1, 0.15) is 6.04 Å². The Bertz CT molecular complexity index is 1060. The summed E-state index contributed by atoms with van der Waals surface area (Å²) in [5.74, 6) is -1.18. The summed E-state index contributed by atoms with van der Waals surface area (Å²) in [7, 11) is 1.24. The average molecular weight is 381 g/mol. The van der Waals surface area contributed by atoms with Crippen molar-refractivity contribution in [2.75, 3.05) is 7.11 Å². The summed E-state index contributed by atoms with van der Waals surface area (Å²) in [6, 6.07) is 10.9. The fourth-order valence-electron chi connectivity index (χ4n) is 3.04. The number of H-pyrrole nitrogens is 1. The smallest absolute Gasteiger partial charge is 0.328 e. The molecule has 1 heterocycles. The largest absolute Gasteiger partial charge is 0.467 e. The lowest BCUT2D eigenvalue weighted by Gasteiger charge is -2.16. The molecule has 1 atom stereocenters. The molecule has 3 rings (SSSR count). The first kappa shape index (κ1) is 19.1. The van der Waals surface area contributed by atoms with E-state index in [0.29, 0.717) is 5.56 Å². The molecule has 0 spiro atoms. The third-order valence-electron chi connectivity index (χ3n) is 4.56. The molecule has 0 aliphatic rings. The van der Waals surface area contributed by atoms with E-state index in [4.69, 9.17) is 4.74 Å². The molecule has 1 aromatic heterocycles. The third kappa shape index (κ3) is 3.85. The van der Waals surface area contributed by atoms with Crippen LogP contribution in [0.25, 0.3) is 10.9 Å². The summed E-state index contributed by atoms with van der Waals surface area (Å²) in [6.45, 7) is 1.59. The second-order valence-corrected chi connectivity index (χ2v) is 6.37. The van der Waals surface area contributed by atoms with E-state index in [2.05, 4.69) is 10.3 Å². The Labute approximate surface area is 160 Å². The van der Waals surface area contributed by atoms with Crippen molar-refractivity contribution in [2.45, 2.75) is 19.4 Å². The van der Waals surface area contributed by atoms with Gasteiger partial charge in [0.25, 0.3) is 11.6 Å². The van der Waals surface area contributed by atoms with Gasteiger partial charge in [0.15, 0.2) is 0 Å². The number of nitrogens with one attached hydrogen (secondary N) is 2. The van der Waals surface area contributed by atoms with Gasteiger partial charge < -0.3 is 15.0 Å². The quantitative estimate of drug-likeness (QED) is 0.387. The fourth-order valence-corrected chi connectivity index (χ4v) is 3.04. The van der Waals surface area contributed by atoms with E-state index in [1.165, 1.54) is 25.3 Å². The van der Waals surface area contributed by atoms with E-state index < -0.39 is 22.8 Å². The molecule has 2 aromatic carbocycles. The third-order valence-corrected chi connectivity index (χ3v) is 4.56. The number of carbonyl (C=O) groups excluding carboxylic acids is 2. The van der Waals surface area contributed by atoms with Gasteiger partial charge in [-0.25, -0.2) is 4.79 Å². The van der Waals surface area contributed by atoms with Crippen LogP contribution in [0.15, 0.2) is 48.7 Å². The second-order valence-electron chi connectivity index (χ2n) is 6.37. The van der Waals surface area contributed by atoms with E-state index >= 15 is 0 Å². The SMILES string of the molecule is COC(=O)C(Cc1c[nH]c2ccccc12)NC(=O)c1ccc(C)c([N+](=O)[O-])c1. The van der Waals surface area contributed by atoms with Gasteiger partial charge in [0, 0.05) is 40.7 Å². The number of nitro benzene ring substituents is 1. The van der Waals surface area contributed by atoms with Crippen molar-refractivity contribution in [3.05, 3.63) is 75.5 Å². The molecule has 144 valence electrons. The lowest BCUT2D eigenvalue weighted by Crippen LogP contribution is -2.43. The monoisotopic (exact) mass is 381 g/mol. The van der Waals surface area contributed by atoms with Crippen molar-refractivity contribution in [1.29, 1.82) is 0 Å². The number of hydrogen-bond acceptors (Lipinski definition) is 5. The molecule has 0 saturated heterocycles. The van der Waals surface area contributed by atoms with Crippen LogP contribution in [0.1, 0.15) is 21.5 Å². The molecule has 0 bridgehead atoms. The maximum absolute atomic E-state index is 12.6. The van der Waals surface area contributed by atoms with Crippen LogP contribution in [0, 0.1) is 17.0 Å². The zero-order valence-electron chi connectivity index (χ0n) is 15.4. The van der Waals surface area contributed by atoms with Crippen LogP contribution in [-0.2, 0) is 16.0 Å². The summed E-state index contributed by atoms with van der Waals surface area (Å²) in [5.41, 5.74) is 2.16. The molecule has 8 nitrogen and oxygen atoms in total. The Morgan fingerprint density at radius 2 is 2.00 bits per heavy atom. The van der Waals surface area contributed by atoms with Crippen LogP contribution in [-0.4, -0.2) is 34.9 Å². The summed E-state index contributed by atoms with van der Waals surface area (Å²) >= 11 is 0. The second kappa shape index (κ2) is 7.91. The van der Waals surface area contributed by atoms with Crippen LogP contribution in [0.5, 0.6) is 0 Å². The highest BCUT2D eigenvalue weighted by Gasteiger charge is 2.25. The molecule has 0 fully saturated rings. The van der Waals surface area contributed by atoms with Crippen LogP contribution in [0.2, 0.25) is 0 Å². The lowest BCUT2D eigenvalue weighted by atomic mass is 10.0. The molecular weight excluding hydrogens is 362 g/mol. The molecule has 8 heteroatoms. The van der Waals surface area contributed by atoms with Gasteiger partial charge in [-0.3, -0.25) is 14.9 Å². The molecule has 1 unspecified atom stereocenters. The zero-order valence-corrected chi connectivity index (χ0v) is 15.4. The summed E-state index contributed by atoms with van der Waals surface area (Å²) in [5, 5.41) is 14.7. The van der Waals surface area contributed by atoms with Crippen LogP contribution >= 0.6 is 0 Å². The molecule has 28 heavy (non-hydrogen) atoms. The van der Waals surface area contributed by atoms with Gasteiger partial charge in [-0.1, -0.05) is 24.3 Å². The topological polar surface area (TPSA) is 114 Å². The number of nitrogens with zero attached hydrogens (tertiary/aromatic N) is 1. The zero-order chi connectivity index (χ0) is 20.3. The number of fused-ring (bicyclic) bond motifs is 1. The van der Waals surface area contributed by atoms with Gasteiger partial charge in [0.2, 0.25) is 0 Å². The molecule has 3 aromatic rings. The Morgan fingerprint density at radius 3 is 2.71 bits per heavy atom. The number of methoxy groups -OCH3 is 1. The number of rotatable bonds is 6. The van der Waals surface area contributed by atoms with E-state index in [9.17, 15) is 19.7 Å². The maximum Gasteiger partial charge on any atom is 0.328 e. The molecule has 0 aliphatic carbocycles. The number of benzene rings is 2. The first-order valence-corrected chi connectivity index (χ1v) is 8.59. The summed E-state index contributed by atoms with van der Waals surface area (Å²) < 4.78 is 4.82. The molecule has 1 amide bonds. The number of esters is 1. The number of aryl methyl sites for hydroxylation is 1. The molecule has 2 N–H and O–H groups in total. The van der Waals surface area contributed by atoms with Crippen molar-refractivity contribution in [3.8, 4) is 0 Å². The fraction of sp³-hybridized carbons (Fsp3) is 0.200. The van der Waals surface area contributed by atoms with Crippen molar-refractivity contribution >= 4 is 28.5 Å². The highest BCUT2D eigenvalue weighted by molar-refractivity contribution is 5.97. The first-order valence-electron chi connectivity index (χ1n) is 8.59. The van der Waals surface area contributed by atoms with Crippen molar-refractivity contribution in [1.82, 2.24) is 10.3 Å². The summed E-state index contributed by atoms with van der Waals surface area (Å²) in [4.78, 5) is 38.5. The normalized spacial score (nSPS) is 11.8. The number of para-hydroxylation sites is 1. The maximum atomic E-state index is 12.6. The van der Waals surface area contributed by atoms with Crippen molar-refractivity contribution < 1.29 is 19.2 Å². The minimum atomic E-state index is -0.933. The van der Waals surface area contributed by atoms with Crippen LogP contribution < -0.4 is 5.32 Å². The Kier molecular flexibility index (Phi) is 5.39. The number of nitro groups is 1. The van der Waals surface area contributed by atoms with E-state index in [0.717, 1.165) is 16.5 Å². The van der Waals surface area contributed by atoms with Crippen molar-refractivity contribution in [3.63, 3.8) is 0 Å². The van der Waals surface area contributed by atoms with Gasteiger partial charge >= 0.3 is 5.97 Å². The van der Waals surface area contributed by atoms with Gasteiger partial charge in [-0.05, 0) is 24.6 Å². The predicted molar refractivity (Wildman–Crippen MR) is 103 cm³/mol. The van der Waals surface area contributed by atoms with Crippen molar-refractivity contribution in [2.24, 2.45) is 0 Å². The summed E-state index contributed by atoms with van der Waals surface area (Å²) in [6.07, 6.45) is 2.00. The Morgan fingerprint density at radius 1 is 1.25 bits per heavy atom. The van der Waals surface area contributed by atoms with Gasteiger partial charge in [-0.2, -0.15) is 0 Å². The highest BCUT2D eigenvalue weighted by atomic mass is 16.6. The Hall–Kier alpha value is -3.68. The lowest BCUT2D eigenvalue weighted by molar-refractivity contribution is -0.385. The average Bonchev–Trinajstić information content (AvgIpc) is 3.09. The number of carbonyl (C=O) groups is 2. The molecule has 0 radical (unpaired) electrons. The number of aromatic amines is 1. The molecular formula is C20H19N3O5.